The number of urea groups is 1. The fourth-order valence-electron chi connectivity index (χ4n) is 2.47. The Kier molecular flexibility index (Phi) is 5.42. The highest BCUT2D eigenvalue weighted by molar-refractivity contribution is 7.88. The average Bonchev–Trinajstić information content (AvgIpc) is 2.52. The molecule has 1 aromatic carbocycles. The Labute approximate surface area is 132 Å². The molecule has 1 fully saturated rings. The smallest absolute Gasteiger partial charge is 0.317 e. The monoisotopic (exact) mass is 325 g/mol. The zero-order valence-electron chi connectivity index (χ0n) is 13.0. The molecule has 0 aliphatic carbocycles. The fraction of sp³-hybridized carbons (Fsp3) is 0.533. The zero-order chi connectivity index (χ0) is 16.2. The Morgan fingerprint density at radius 2 is 1.77 bits per heavy atom. The minimum Gasteiger partial charge on any atom is -0.337 e. The molecule has 1 N–H and O–H groups in total. The molecule has 6 nitrogen and oxygen atoms in total. The lowest BCUT2D eigenvalue weighted by molar-refractivity contribution is 0.172. The van der Waals surface area contributed by atoms with Crippen LogP contribution in [-0.2, 0) is 10.0 Å². The van der Waals surface area contributed by atoms with E-state index in [-0.39, 0.29) is 11.9 Å². The Morgan fingerprint density at radius 3 is 2.32 bits per heavy atom. The maximum atomic E-state index is 12.1. The third-order valence-corrected chi connectivity index (χ3v) is 5.23. The second-order valence-corrected chi connectivity index (χ2v) is 7.63. The van der Waals surface area contributed by atoms with Crippen LogP contribution in [0.25, 0.3) is 0 Å². The average molecular weight is 325 g/mol. The van der Waals surface area contributed by atoms with Gasteiger partial charge in [0, 0.05) is 32.7 Å². The van der Waals surface area contributed by atoms with E-state index in [4.69, 9.17) is 0 Å². The molecule has 0 radical (unpaired) electrons. The number of rotatable bonds is 4. The van der Waals surface area contributed by atoms with Crippen LogP contribution in [0.2, 0.25) is 0 Å². The van der Waals surface area contributed by atoms with Crippen molar-refractivity contribution in [1.29, 1.82) is 0 Å². The predicted octanol–water partition coefficient (Wildman–Crippen LogP) is 1.08. The van der Waals surface area contributed by atoms with E-state index in [9.17, 15) is 13.2 Å². The molecule has 1 unspecified atom stereocenters. The van der Waals surface area contributed by atoms with Crippen molar-refractivity contribution in [2.45, 2.75) is 12.8 Å². The molecule has 1 aliphatic heterocycles. The first-order chi connectivity index (χ1) is 10.4. The first-order valence-corrected chi connectivity index (χ1v) is 9.25. The van der Waals surface area contributed by atoms with Gasteiger partial charge in [0.2, 0.25) is 10.0 Å². The number of benzene rings is 1. The standard InChI is InChI=1S/C15H23N3O3S/c1-13(14-6-4-3-5-7-14)12-16-15(19)17-8-10-18(11-9-17)22(2,20)21/h3-7,13H,8-12H2,1-2H3,(H,16,19). The highest BCUT2D eigenvalue weighted by Crippen LogP contribution is 2.13. The zero-order valence-corrected chi connectivity index (χ0v) is 13.8. The molecule has 1 atom stereocenters. The van der Waals surface area contributed by atoms with E-state index < -0.39 is 10.0 Å². The summed E-state index contributed by atoms with van der Waals surface area (Å²) in [4.78, 5) is 13.8. The number of hydrogen-bond acceptors (Lipinski definition) is 3. The van der Waals surface area contributed by atoms with E-state index in [1.54, 1.807) is 4.90 Å². The highest BCUT2D eigenvalue weighted by Gasteiger charge is 2.25. The van der Waals surface area contributed by atoms with Crippen LogP contribution >= 0.6 is 0 Å². The van der Waals surface area contributed by atoms with Gasteiger partial charge in [-0.05, 0) is 11.5 Å². The summed E-state index contributed by atoms with van der Waals surface area (Å²) in [6, 6.07) is 9.89. The van der Waals surface area contributed by atoms with Gasteiger partial charge in [0.1, 0.15) is 0 Å². The summed E-state index contributed by atoms with van der Waals surface area (Å²) in [6.45, 7) is 4.21. The number of nitrogens with one attached hydrogen (secondary N) is 1. The molecular formula is C15H23N3O3S. The number of piperazine rings is 1. The lowest BCUT2D eigenvalue weighted by atomic mass is 10.0. The molecule has 0 spiro atoms. The lowest BCUT2D eigenvalue weighted by Gasteiger charge is -2.33. The fourth-order valence-corrected chi connectivity index (χ4v) is 3.30. The van der Waals surface area contributed by atoms with Gasteiger partial charge in [-0.3, -0.25) is 0 Å². The predicted molar refractivity (Wildman–Crippen MR) is 86.2 cm³/mol. The topological polar surface area (TPSA) is 69.7 Å². The van der Waals surface area contributed by atoms with Gasteiger partial charge in [0.25, 0.3) is 0 Å². The molecule has 1 aliphatic rings. The van der Waals surface area contributed by atoms with Crippen molar-refractivity contribution < 1.29 is 13.2 Å². The van der Waals surface area contributed by atoms with Gasteiger partial charge >= 0.3 is 6.03 Å². The molecule has 122 valence electrons. The molecule has 1 saturated heterocycles. The molecule has 2 rings (SSSR count). The second-order valence-electron chi connectivity index (χ2n) is 5.65. The molecule has 0 bridgehead atoms. The summed E-state index contributed by atoms with van der Waals surface area (Å²) in [6.07, 6.45) is 1.20. The van der Waals surface area contributed by atoms with Gasteiger partial charge in [-0.15, -0.1) is 0 Å². The quantitative estimate of drug-likeness (QED) is 0.900. The summed E-state index contributed by atoms with van der Waals surface area (Å²) in [5.41, 5.74) is 1.18. The summed E-state index contributed by atoms with van der Waals surface area (Å²) < 4.78 is 24.3. The van der Waals surface area contributed by atoms with E-state index in [1.807, 2.05) is 30.3 Å². The Morgan fingerprint density at radius 1 is 1.18 bits per heavy atom. The Hall–Kier alpha value is -1.60. The van der Waals surface area contributed by atoms with Crippen LogP contribution in [0.4, 0.5) is 4.79 Å². The minimum atomic E-state index is -3.16. The van der Waals surface area contributed by atoms with E-state index >= 15 is 0 Å². The van der Waals surface area contributed by atoms with Crippen molar-refractivity contribution in [3.8, 4) is 0 Å². The number of amides is 2. The molecule has 1 heterocycles. The van der Waals surface area contributed by atoms with Crippen LogP contribution in [0.5, 0.6) is 0 Å². The SMILES string of the molecule is CC(CNC(=O)N1CCN(S(C)(=O)=O)CC1)c1ccccc1. The molecule has 22 heavy (non-hydrogen) atoms. The maximum Gasteiger partial charge on any atom is 0.317 e. The third kappa shape index (κ3) is 4.45. The first-order valence-electron chi connectivity index (χ1n) is 7.41. The van der Waals surface area contributed by atoms with Crippen molar-refractivity contribution in [3.63, 3.8) is 0 Å². The molecule has 0 saturated carbocycles. The van der Waals surface area contributed by atoms with Gasteiger partial charge < -0.3 is 10.2 Å². The summed E-state index contributed by atoms with van der Waals surface area (Å²) >= 11 is 0. The normalized spacial score (nSPS) is 18.0. The molecule has 7 heteroatoms. The van der Waals surface area contributed by atoms with Crippen molar-refractivity contribution in [2.75, 3.05) is 39.0 Å². The second kappa shape index (κ2) is 7.11. The van der Waals surface area contributed by atoms with E-state index in [0.717, 1.165) is 0 Å². The van der Waals surface area contributed by atoms with Gasteiger partial charge in [-0.2, -0.15) is 4.31 Å². The van der Waals surface area contributed by atoms with Crippen LogP contribution in [0.15, 0.2) is 30.3 Å². The van der Waals surface area contributed by atoms with E-state index in [0.29, 0.717) is 32.7 Å². The van der Waals surface area contributed by atoms with Crippen LogP contribution < -0.4 is 5.32 Å². The van der Waals surface area contributed by atoms with Crippen LogP contribution in [0, 0.1) is 0 Å². The van der Waals surface area contributed by atoms with Crippen molar-refractivity contribution in [2.24, 2.45) is 0 Å². The van der Waals surface area contributed by atoms with Gasteiger partial charge in [-0.25, -0.2) is 13.2 Å². The van der Waals surface area contributed by atoms with Crippen molar-refractivity contribution >= 4 is 16.1 Å². The lowest BCUT2D eigenvalue weighted by Crippen LogP contribution is -2.53. The van der Waals surface area contributed by atoms with Crippen molar-refractivity contribution in [3.05, 3.63) is 35.9 Å². The minimum absolute atomic E-state index is 0.129. The molecule has 0 aromatic heterocycles. The van der Waals surface area contributed by atoms with E-state index in [1.165, 1.54) is 16.1 Å². The Balaban J connectivity index is 1.79. The molecule has 1 aromatic rings. The highest BCUT2D eigenvalue weighted by atomic mass is 32.2. The van der Waals surface area contributed by atoms with E-state index in [2.05, 4.69) is 12.2 Å². The third-order valence-electron chi connectivity index (χ3n) is 3.92. The molecule has 2 amide bonds. The first kappa shape index (κ1) is 16.8. The van der Waals surface area contributed by atoms with Gasteiger partial charge in [0.15, 0.2) is 0 Å². The number of carbonyl (C=O) groups is 1. The largest absolute Gasteiger partial charge is 0.337 e. The number of nitrogens with zero attached hydrogens (tertiary/aromatic N) is 2. The number of carbonyl (C=O) groups excluding carboxylic acids is 1. The van der Waals surface area contributed by atoms with Gasteiger partial charge in [0.05, 0.1) is 6.26 Å². The summed E-state index contributed by atoms with van der Waals surface area (Å²) in [5, 5.41) is 2.92. The number of hydrogen-bond donors (Lipinski definition) is 1. The number of sulfonamides is 1. The summed E-state index contributed by atoms with van der Waals surface area (Å²) in [7, 11) is -3.16. The van der Waals surface area contributed by atoms with Crippen molar-refractivity contribution in [1.82, 2.24) is 14.5 Å². The van der Waals surface area contributed by atoms with Crippen LogP contribution in [0.3, 0.4) is 0 Å². The Bertz CT molecular complexity index is 596. The maximum absolute atomic E-state index is 12.1. The van der Waals surface area contributed by atoms with Crippen LogP contribution in [0.1, 0.15) is 18.4 Å². The summed E-state index contributed by atoms with van der Waals surface area (Å²) in [5.74, 6) is 0.238. The molecular weight excluding hydrogens is 302 g/mol. The van der Waals surface area contributed by atoms with Crippen LogP contribution in [-0.4, -0.2) is 62.6 Å². The van der Waals surface area contributed by atoms with Gasteiger partial charge in [-0.1, -0.05) is 37.3 Å².